The Labute approximate surface area is 113 Å². The van der Waals surface area contributed by atoms with Crippen LogP contribution in [0.25, 0.3) is 0 Å². The molecular formula is C13H10INO2. The van der Waals surface area contributed by atoms with Crippen LogP contribution in [0.5, 0.6) is 5.75 Å². The van der Waals surface area contributed by atoms with Gasteiger partial charge in [-0.05, 0) is 59.0 Å². The van der Waals surface area contributed by atoms with Gasteiger partial charge >= 0.3 is 0 Å². The van der Waals surface area contributed by atoms with E-state index in [1.807, 2.05) is 12.1 Å². The molecule has 1 aromatic carbocycles. The van der Waals surface area contributed by atoms with Crippen molar-refractivity contribution in [3.63, 3.8) is 0 Å². The fraction of sp³-hybridized carbons (Fsp3) is 0.0769. The Kier molecular flexibility index (Phi) is 3.73. The first-order valence-electron chi connectivity index (χ1n) is 5.01. The molecule has 1 heterocycles. The van der Waals surface area contributed by atoms with E-state index in [1.54, 1.807) is 30.5 Å². The van der Waals surface area contributed by atoms with E-state index in [4.69, 9.17) is 4.74 Å². The fourth-order valence-corrected chi connectivity index (χ4v) is 1.82. The normalized spacial score (nSPS) is 10.0. The monoisotopic (exact) mass is 339 g/mol. The summed E-state index contributed by atoms with van der Waals surface area (Å²) in [5.74, 6) is 0.370. The van der Waals surface area contributed by atoms with Gasteiger partial charge in [-0.3, -0.25) is 4.79 Å². The lowest BCUT2D eigenvalue weighted by molar-refractivity contribution is 0.103. The third kappa shape index (κ3) is 2.63. The topological polar surface area (TPSA) is 39.2 Å². The van der Waals surface area contributed by atoms with Gasteiger partial charge in [0.15, 0.2) is 5.69 Å². The third-order valence-electron chi connectivity index (χ3n) is 2.31. The van der Waals surface area contributed by atoms with Crippen LogP contribution in [-0.4, -0.2) is 17.9 Å². The molecule has 0 atom stereocenters. The first-order valence-corrected chi connectivity index (χ1v) is 6.09. The number of carbonyl (C=O) groups excluding carboxylic acids is 1. The van der Waals surface area contributed by atoms with Gasteiger partial charge in [0.2, 0.25) is 5.78 Å². The van der Waals surface area contributed by atoms with E-state index in [0.29, 0.717) is 17.0 Å². The van der Waals surface area contributed by atoms with Gasteiger partial charge in [0.25, 0.3) is 0 Å². The second kappa shape index (κ2) is 5.27. The fourth-order valence-electron chi connectivity index (χ4n) is 1.46. The highest BCUT2D eigenvalue weighted by molar-refractivity contribution is 14.1. The molecule has 2 aromatic rings. The summed E-state index contributed by atoms with van der Waals surface area (Å²) in [6.45, 7) is 0. The summed E-state index contributed by atoms with van der Waals surface area (Å²) in [6, 6.07) is 10.8. The van der Waals surface area contributed by atoms with Crippen LogP contribution in [-0.2, 0) is 0 Å². The smallest absolute Gasteiger partial charge is 0.215 e. The molecule has 0 bridgehead atoms. The summed E-state index contributed by atoms with van der Waals surface area (Å²) in [7, 11) is 1.53. The molecular weight excluding hydrogens is 329 g/mol. The molecule has 0 saturated carbocycles. The molecule has 0 saturated heterocycles. The summed E-state index contributed by atoms with van der Waals surface area (Å²) in [4.78, 5) is 16.3. The maximum absolute atomic E-state index is 12.2. The SMILES string of the molecule is COc1cccnc1C(=O)c1ccc(I)cc1. The quantitative estimate of drug-likeness (QED) is 0.638. The van der Waals surface area contributed by atoms with E-state index >= 15 is 0 Å². The molecule has 0 radical (unpaired) electrons. The zero-order valence-electron chi connectivity index (χ0n) is 9.18. The van der Waals surface area contributed by atoms with Gasteiger partial charge in [-0.25, -0.2) is 4.98 Å². The van der Waals surface area contributed by atoms with E-state index in [0.717, 1.165) is 3.57 Å². The lowest BCUT2D eigenvalue weighted by Gasteiger charge is -2.05. The maximum Gasteiger partial charge on any atom is 0.215 e. The molecule has 0 aliphatic carbocycles. The molecule has 0 N–H and O–H groups in total. The Morgan fingerprint density at radius 3 is 2.59 bits per heavy atom. The van der Waals surface area contributed by atoms with Crippen LogP contribution in [0.1, 0.15) is 16.1 Å². The molecule has 0 aliphatic rings. The summed E-state index contributed by atoms with van der Waals surface area (Å²) in [5, 5.41) is 0. The van der Waals surface area contributed by atoms with Crippen molar-refractivity contribution >= 4 is 28.4 Å². The molecule has 17 heavy (non-hydrogen) atoms. The van der Waals surface area contributed by atoms with Gasteiger partial charge in [0, 0.05) is 15.3 Å². The van der Waals surface area contributed by atoms with Crippen LogP contribution >= 0.6 is 22.6 Å². The zero-order chi connectivity index (χ0) is 12.3. The lowest BCUT2D eigenvalue weighted by atomic mass is 10.1. The van der Waals surface area contributed by atoms with E-state index in [-0.39, 0.29) is 5.78 Å². The molecule has 0 fully saturated rings. The lowest BCUT2D eigenvalue weighted by Crippen LogP contribution is -2.06. The van der Waals surface area contributed by atoms with Gasteiger partial charge in [-0.15, -0.1) is 0 Å². The van der Waals surface area contributed by atoms with E-state index in [1.165, 1.54) is 7.11 Å². The summed E-state index contributed by atoms with van der Waals surface area (Å²) >= 11 is 2.20. The Bertz CT molecular complexity index is 537. The Morgan fingerprint density at radius 1 is 1.24 bits per heavy atom. The second-order valence-electron chi connectivity index (χ2n) is 3.39. The number of hydrogen-bond acceptors (Lipinski definition) is 3. The van der Waals surface area contributed by atoms with Gasteiger partial charge < -0.3 is 4.74 Å². The van der Waals surface area contributed by atoms with Crippen molar-refractivity contribution in [1.82, 2.24) is 4.98 Å². The molecule has 2 rings (SSSR count). The number of ketones is 1. The number of benzene rings is 1. The number of carbonyl (C=O) groups is 1. The molecule has 4 heteroatoms. The van der Waals surface area contributed by atoms with Crippen LogP contribution in [0.4, 0.5) is 0 Å². The van der Waals surface area contributed by atoms with Crippen molar-refractivity contribution in [2.75, 3.05) is 7.11 Å². The van der Waals surface area contributed by atoms with Crippen molar-refractivity contribution in [2.24, 2.45) is 0 Å². The number of ether oxygens (including phenoxy) is 1. The highest BCUT2D eigenvalue weighted by Gasteiger charge is 2.15. The molecule has 0 unspecified atom stereocenters. The van der Waals surface area contributed by atoms with Crippen molar-refractivity contribution in [3.05, 3.63) is 57.4 Å². The van der Waals surface area contributed by atoms with Crippen LogP contribution in [0.2, 0.25) is 0 Å². The number of pyridine rings is 1. The number of halogens is 1. The molecule has 0 spiro atoms. The summed E-state index contributed by atoms with van der Waals surface area (Å²) in [5.41, 5.74) is 0.957. The molecule has 3 nitrogen and oxygen atoms in total. The Hall–Kier alpha value is -1.43. The van der Waals surface area contributed by atoms with Crippen molar-refractivity contribution < 1.29 is 9.53 Å². The zero-order valence-corrected chi connectivity index (χ0v) is 11.3. The number of aromatic nitrogens is 1. The van der Waals surface area contributed by atoms with E-state index < -0.39 is 0 Å². The number of methoxy groups -OCH3 is 1. The van der Waals surface area contributed by atoms with Crippen LogP contribution < -0.4 is 4.74 Å². The van der Waals surface area contributed by atoms with Crippen molar-refractivity contribution in [3.8, 4) is 5.75 Å². The first kappa shape index (κ1) is 12.0. The standard InChI is InChI=1S/C13H10INO2/c1-17-11-3-2-8-15-12(11)13(16)9-4-6-10(14)7-5-9/h2-8H,1H3. The average Bonchev–Trinajstić information content (AvgIpc) is 2.39. The van der Waals surface area contributed by atoms with Gasteiger partial charge in [-0.2, -0.15) is 0 Å². The first-order chi connectivity index (χ1) is 8.22. The Morgan fingerprint density at radius 2 is 1.94 bits per heavy atom. The molecule has 0 aliphatic heterocycles. The number of hydrogen-bond donors (Lipinski definition) is 0. The molecule has 86 valence electrons. The van der Waals surface area contributed by atoms with Gasteiger partial charge in [-0.1, -0.05) is 0 Å². The molecule has 1 aromatic heterocycles. The van der Waals surface area contributed by atoms with Crippen LogP contribution in [0.3, 0.4) is 0 Å². The summed E-state index contributed by atoms with van der Waals surface area (Å²) < 4.78 is 6.22. The third-order valence-corrected chi connectivity index (χ3v) is 3.03. The van der Waals surface area contributed by atoms with Gasteiger partial charge in [0.05, 0.1) is 7.11 Å². The Balaban J connectivity index is 2.40. The minimum Gasteiger partial charge on any atom is -0.494 e. The molecule has 0 amide bonds. The minimum atomic E-state index is -0.126. The second-order valence-corrected chi connectivity index (χ2v) is 4.64. The van der Waals surface area contributed by atoms with E-state index in [9.17, 15) is 4.79 Å². The average molecular weight is 339 g/mol. The minimum absolute atomic E-state index is 0.126. The number of nitrogens with zero attached hydrogens (tertiary/aromatic N) is 1. The largest absolute Gasteiger partial charge is 0.494 e. The highest BCUT2D eigenvalue weighted by Crippen LogP contribution is 2.19. The van der Waals surface area contributed by atoms with Crippen LogP contribution in [0, 0.1) is 3.57 Å². The number of rotatable bonds is 3. The summed E-state index contributed by atoms with van der Waals surface area (Å²) in [6.07, 6.45) is 1.59. The van der Waals surface area contributed by atoms with Crippen LogP contribution in [0.15, 0.2) is 42.6 Å². The predicted octanol–water partition coefficient (Wildman–Crippen LogP) is 2.93. The van der Waals surface area contributed by atoms with E-state index in [2.05, 4.69) is 27.6 Å². The van der Waals surface area contributed by atoms with Crippen molar-refractivity contribution in [2.45, 2.75) is 0 Å². The van der Waals surface area contributed by atoms with Gasteiger partial charge in [0.1, 0.15) is 5.75 Å². The maximum atomic E-state index is 12.2. The van der Waals surface area contributed by atoms with Crippen molar-refractivity contribution in [1.29, 1.82) is 0 Å². The highest BCUT2D eigenvalue weighted by atomic mass is 127. The predicted molar refractivity (Wildman–Crippen MR) is 73.4 cm³/mol.